The van der Waals surface area contributed by atoms with Gasteiger partial charge in [-0.25, -0.2) is 4.68 Å². The lowest BCUT2D eigenvalue weighted by Gasteiger charge is -2.36. The molecular weight excluding hydrogens is 320 g/mol. The molecule has 2 aliphatic carbocycles. The highest BCUT2D eigenvalue weighted by molar-refractivity contribution is 7.71. The van der Waals surface area contributed by atoms with Crippen molar-refractivity contribution in [1.29, 1.82) is 0 Å². The maximum atomic E-state index is 9.43. The molecular formula is C18H24N4OS. The molecule has 0 spiro atoms. The van der Waals surface area contributed by atoms with Crippen LogP contribution in [0.25, 0.3) is 0 Å². The first-order valence-corrected chi connectivity index (χ1v) is 9.17. The maximum Gasteiger partial charge on any atom is 0.198 e. The van der Waals surface area contributed by atoms with Gasteiger partial charge in [-0.05, 0) is 55.4 Å². The van der Waals surface area contributed by atoms with Crippen LogP contribution in [-0.4, -0.2) is 30.4 Å². The highest BCUT2D eigenvalue weighted by Crippen LogP contribution is 2.40. The third kappa shape index (κ3) is 2.83. The third-order valence-electron chi connectivity index (χ3n) is 5.32. The Hall–Kier alpha value is -1.50. The summed E-state index contributed by atoms with van der Waals surface area (Å²) in [4.78, 5) is 2.57. The second kappa shape index (κ2) is 6.43. The van der Waals surface area contributed by atoms with Gasteiger partial charge in [0.15, 0.2) is 10.6 Å². The Morgan fingerprint density at radius 2 is 2.08 bits per heavy atom. The zero-order chi connectivity index (χ0) is 16.7. The molecule has 2 aliphatic rings. The van der Waals surface area contributed by atoms with Crippen LogP contribution in [0.4, 0.5) is 0 Å². The molecule has 2 aromatic rings. The minimum absolute atomic E-state index is 0.0805. The molecule has 1 unspecified atom stereocenters. The molecule has 6 heteroatoms. The standard InChI is InChI=1S/C18H24N4OS/c1-20-17(11-23)19-22(18(20)24)12-21(14-9-10-14)16-8-4-6-13-5-2-3-7-15(13)16/h2-3,5,7,14,16,23H,4,6,8-12H2,1H3. The number of fused-ring (bicyclic) bond motifs is 1. The summed E-state index contributed by atoms with van der Waals surface area (Å²) in [5.74, 6) is 0.625. The molecule has 0 aliphatic heterocycles. The molecule has 0 radical (unpaired) electrons. The van der Waals surface area contributed by atoms with E-state index in [1.54, 1.807) is 4.57 Å². The number of aromatic nitrogens is 3. The summed E-state index contributed by atoms with van der Waals surface area (Å²) >= 11 is 5.51. The molecule has 0 bridgehead atoms. The van der Waals surface area contributed by atoms with Crippen molar-refractivity contribution in [2.75, 3.05) is 0 Å². The normalized spacial score (nSPS) is 20.4. The number of aliphatic hydroxyl groups is 1. The van der Waals surface area contributed by atoms with E-state index in [4.69, 9.17) is 12.2 Å². The van der Waals surface area contributed by atoms with Gasteiger partial charge in [0, 0.05) is 19.1 Å². The van der Waals surface area contributed by atoms with Gasteiger partial charge in [-0.1, -0.05) is 24.3 Å². The smallest absolute Gasteiger partial charge is 0.198 e. The summed E-state index contributed by atoms with van der Waals surface area (Å²) in [7, 11) is 1.87. The quantitative estimate of drug-likeness (QED) is 0.847. The molecule has 4 rings (SSSR count). The van der Waals surface area contributed by atoms with Crippen LogP contribution in [0.3, 0.4) is 0 Å². The highest BCUT2D eigenvalue weighted by atomic mass is 32.1. The topological polar surface area (TPSA) is 46.2 Å². The molecule has 1 aromatic heterocycles. The Labute approximate surface area is 147 Å². The summed E-state index contributed by atoms with van der Waals surface area (Å²) in [5.41, 5.74) is 2.96. The van der Waals surface area contributed by atoms with Crippen LogP contribution in [0.1, 0.15) is 48.7 Å². The Morgan fingerprint density at radius 1 is 1.29 bits per heavy atom. The van der Waals surface area contributed by atoms with Gasteiger partial charge in [0.25, 0.3) is 0 Å². The van der Waals surface area contributed by atoms with Crippen LogP contribution in [-0.2, 0) is 26.7 Å². The fourth-order valence-corrected chi connectivity index (χ4v) is 4.07. The average Bonchev–Trinajstić information content (AvgIpc) is 3.42. The SMILES string of the molecule is Cn1c(CO)nn(CN(C2CC2)C2CCCc3ccccc32)c1=S. The molecule has 24 heavy (non-hydrogen) atoms. The summed E-state index contributed by atoms with van der Waals surface area (Å²) < 4.78 is 4.35. The van der Waals surface area contributed by atoms with Gasteiger partial charge >= 0.3 is 0 Å². The lowest BCUT2D eigenvalue weighted by atomic mass is 9.87. The minimum atomic E-state index is -0.0805. The van der Waals surface area contributed by atoms with Gasteiger partial charge < -0.3 is 9.67 Å². The van der Waals surface area contributed by atoms with Gasteiger partial charge in [0.2, 0.25) is 0 Å². The number of aliphatic hydroxyl groups excluding tert-OH is 1. The Morgan fingerprint density at radius 3 is 2.79 bits per heavy atom. The molecule has 1 saturated carbocycles. The number of rotatable bonds is 5. The minimum Gasteiger partial charge on any atom is -0.388 e. The third-order valence-corrected chi connectivity index (χ3v) is 5.81. The molecule has 1 N–H and O–H groups in total. The molecule has 1 fully saturated rings. The Balaban J connectivity index is 1.66. The van der Waals surface area contributed by atoms with Gasteiger partial charge in [0.05, 0.1) is 6.67 Å². The zero-order valence-corrected chi connectivity index (χ0v) is 14.9. The van der Waals surface area contributed by atoms with Crippen molar-refractivity contribution in [3.63, 3.8) is 0 Å². The number of hydrogen-bond donors (Lipinski definition) is 1. The van der Waals surface area contributed by atoms with Gasteiger partial charge in [-0.15, -0.1) is 0 Å². The fraction of sp³-hybridized carbons (Fsp3) is 0.556. The van der Waals surface area contributed by atoms with Crippen LogP contribution in [0.2, 0.25) is 0 Å². The molecule has 128 valence electrons. The molecule has 1 atom stereocenters. The summed E-state index contributed by atoms with van der Waals surface area (Å²) in [6.45, 7) is 0.624. The van der Waals surface area contributed by atoms with E-state index in [0.717, 1.165) is 0 Å². The van der Waals surface area contributed by atoms with E-state index in [1.165, 1.54) is 43.2 Å². The van der Waals surface area contributed by atoms with Crippen molar-refractivity contribution in [3.05, 3.63) is 46.0 Å². The first kappa shape index (κ1) is 16.0. The van der Waals surface area contributed by atoms with E-state index >= 15 is 0 Å². The Kier molecular flexibility index (Phi) is 4.28. The van der Waals surface area contributed by atoms with Crippen molar-refractivity contribution in [1.82, 2.24) is 19.2 Å². The summed E-state index contributed by atoms with van der Waals surface area (Å²) in [6, 6.07) is 9.92. The maximum absolute atomic E-state index is 9.43. The predicted octanol–water partition coefficient (Wildman–Crippen LogP) is 2.94. The van der Waals surface area contributed by atoms with Crippen LogP contribution in [0.5, 0.6) is 0 Å². The second-order valence-electron chi connectivity index (χ2n) is 6.91. The Bertz CT molecular complexity index is 793. The number of aryl methyl sites for hydroxylation is 1. The molecule has 0 saturated heterocycles. The van der Waals surface area contributed by atoms with Gasteiger partial charge in [-0.3, -0.25) is 4.90 Å². The fourth-order valence-electron chi connectivity index (χ4n) is 3.86. The summed E-state index contributed by atoms with van der Waals surface area (Å²) in [5, 5.41) is 13.9. The molecule has 5 nitrogen and oxygen atoms in total. The molecule has 1 heterocycles. The van der Waals surface area contributed by atoms with Crippen molar-refractivity contribution < 1.29 is 5.11 Å². The molecule has 0 amide bonds. The van der Waals surface area contributed by atoms with E-state index in [-0.39, 0.29) is 6.61 Å². The van der Waals surface area contributed by atoms with Crippen molar-refractivity contribution in [2.45, 2.75) is 57.5 Å². The summed E-state index contributed by atoms with van der Waals surface area (Å²) in [6.07, 6.45) is 6.13. The van der Waals surface area contributed by atoms with Crippen molar-refractivity contribution >= 4 is 12.2 Å². The van der Waals surface area contributed by atoms with Gasteiger partial charge in [-0.2, -0.15) is 5.10 Å². The first-order chi connectivity index (χ1) is 11.7. The van der Waals surface area contributed by atoms with E-state index in [9.17, 15) is 5.11 Å². The van der Waals surface area contributed by atoms with E-state index in [1.807, 2.05) is 11.7 Å². The largest absolute Gasteiger partial charge is 0.388 e. The van der Waals surface area contributed by atoms with Crippen molar-refractivity contribution in [3.8, 4) is 0 Å². The van der Waals surface area contributed by atoms with E-state index < -0.39 is 0 Å². The highest BCUT2D eigenvalue weighted by Gasteiger charge is 2.36. The van der Waals surface area contributed by atoms with Gasteiger partial charge in [0.1, 0.15) is 6.61 Å². The first-order valence-electron chi connectivity index (χ1n) is 8.76. The number of hydrogen-bond acceptors (Lipinski definition) is 4. The average molecular weight is 344 g/mol. The second-order valence-corrected chi connectivity index (χ2v) is 7.27. The monoisotopic (exact) mass is 344 g/mol. The molecule has 1 aromatic carbocycles. The van der Waals surface area contributed by atoms with E-state index in [0.29, 0.717) is 29.3 Å². The lowest BCUT2D eigenvalue weighted by molar-refractivity contribution is 0.117. The van der Waals surface area contributed by atoms with E-state index in [2.05, 4.69) is 34.3 Å². The van der Waals surface area contributed by atoms with Crippen molar-refractivity contribution in [2.24, 2.45) is 7.05 Å². The lowest BCUT2D eigenvalue weighted by Crippen LogP contribution is -2.35. The van der Waals surface area contributed by atoms with Crippen LogP contribution < -0.4 is 0 Å². The van der Waals surface area contributed by atoms with Crippen LogP contribution >= 0.6 is 12.2 Å². The number of benzene rings is 1. The number of nitrogens with zero attached hydrogens (tertiary/aromatic N) is 4. The van der Waals surface area contributed by atoms with Crippen LogP contribution in [0.15, 0.2) is 24.3 Å². The van der Waals surface area contributed by atoms with Crippen LogP contribution in [0, 0.1) is 4.77 Å². The predicted molar refractivity (Wildman–Crippen MR) is 94.9 cm³/mol. The zero-order valence-electron chi connectivity index (χ0n) is 14.1.